The zero-order chi connectivity index (χ0) is 23.3. The maximum Gasteiger partial charge on any atom is 0.322 e. The second-order valence-electron chi connectivity index (χ2n) is 7.77. The number of nitrogens with zero attached hydrogens (tertiary/aromatic N) is 4. The molecule has 32 heavy (non-hydrogen) atoms. The standard InChI is InChI=1S/C20H18F5N5O2/c1-2-19(32)5-6-20(24,25)16-11-9-29(8-4-12(11)28-30(16)10-19)18(31)27-13-3-7-26-15(14(13)21)17(22)23/h1,3,7,17,32H,4-6,8-10H2,(H,26,27,31)/t19-/m0/s1. The van der Waals surface area contributed by atoms with E-state index in [0.717, 1.165) is 21.8 Å². The van der Waals surface area contributed by atoms with Crippen molar-refractivity contribution in [1.82, 2.24) is 19.7 Å². The van der Waals surface area contributed by atoms with E-state index in [9.17, 15) is 31.9 Å². The fourth-order valence-electron chi connectivity index (χ4n) is 3.95. The van der Waals surface area contributed by atoms with Gasteiger partial charge in [-0.05, 0) is 12.5 Å². The summed E-state index contributed by atoms with van der Waals surface area (Å²) in [6.45, 7) is -0.490. The molecule has 0 radical (unpaired) electrons. The number of terminal acetylenes is 1. The minimum atomic E-state index is -3.34. The topological polar surface area (TPSA) is 83.3 Å². The molecule has 2 N–H and O–H groups in total. The van der Waals surface area contributed by atoms with Crippen molar-refractivity contribution in [3.8, 4) is 12.3 Å². The van der Waals surface area contributed by atoms with E-state index in [4.69, 9.17) is 6.42 Å². The van der Waals surface area contributed by atoms with E-state index in [1.54, 1.807) is 0 Å². The van der Waals surface area contributed by atoms with Crippen LogP contribution in [0, 0.1) is 18.2 Å². The summed E-state index contributed by atoms with van der Waals surface area (Å²) < 4.78 is 70.7. The average Bonchev–Trinajstić information content (AvgIpc) is 3.06. The largest absolute Gasteiger partial charge is 0.376 e. The van der Waals surface area contributed by atoms with Crippen LogP contribution in [-0.2, 0) is 25.4 Å². The van der Waals surface area contributed by atoms with E-state index in [1.165, 1.54) is 0 Å². The molecule has 0 spiro atoms. The first-order valence-corrected chi connectivity index (χ1v) is 9.70. The summed E-state index contributed by atoms with van der Waals surface area (Å²) >= 11 is 0. The number of rotatable bonds is 2. The van der Waals surface area contributed by atoms with Gasteiger partial charge in [-0.25, -0.2) is 18.0 Å². The minimum Gasteiger partial charge on any atom is -0.376 e. The molecule has 2 amide bonds. The lowest BCUT2D eigenvalue weighted by atomic mass is 9.96. The fourth-order valence-corrected chi connectivity index (χ4v) is 3.95. The number of alkyl halides is 4. The quantitative estimate of drug-likeness (QED) is 0.538. The van der Waals surface area contributed by atoms with Crippen LogP contribution in [0.1, 0.15) is 41.9 Å². The number of halogens is 5. The van der Waals surface area contributed by atoms with Crippen molar-refractivity contribution in [3.63, 3.8) is 0 Å². The van der Waals surface area contributed by atoms with Gasteiger partial charge >= 0.3 is 6.03 Å². The number of fused-ring (bicyclic) bond motifs is 3. The normalized spacial score (nSPS) is 22.0. The van der Waals surface area contributed by atoms with Crippen LogP contribution in [0.15, 0.2) is 12.3 Å². The summed E-state index contributed by atoms with van der Waals surface area (Å²) in [7, 11) is 0. The number of amides is 2. The Morgan fingerprint density at radius 3 is 2.78 bits per heavy atom. The number of anilines is 1. The van der Waals surface area contributed by atoms with Gasteiger partial charge in [-0.1, -0.05) is 5.92 Å². The predicted molar refractivity (Wildman–Crippen MR) is 101 cm³/mol. The third-order valence-electron chi connectivity index (χ3n) is 5.63. The van der Waals surface area contributed by atoms with Crippen LogP contribution in [0.25, 0.3) is 0 Å². The lowest BCUT2D eigenvalue weighted by molar-refractivity contribution is -0.0300. The molecule has 7 nitrogen and oxygen atoms in total. The van der Waals surface area contributed by atoms with Crippen molar-refractivity contribution in [2.75, 3.05) is 11.9 Å². The van der Waals surface area contributed by atoms with Gasteiger partial charge in [0.2, 0.25) is 0 Å². The van der Waals surface area contributed by atoms with Gasteiger partial charge in [0.15, 0.2) is 5.82 Å². The first kappa shape index (κ1) is 22.0. The highest BCUT2D eigenvalue weighted by Gasteiger charge is 2.46. The van der Waals surface area contributed by atoms with Gasteiger partial charge in [-0.15, -0.1) is 6.42 Å². The van der Waals surface area contributed by atoms with Crippen LogP contribution in [0.3, 0.4) is 0 Å². The van der Waals surface area contributed by atoms with Crippen molar-refractivity contribution in [2.24, 2.45) is 0 Å². The number of hydrogen-bond acceptors (Lipinski definition) is 4. The molecule has 0 aromatic carbocycles. The first-order chi connectivity index (χ1) is 15.0. The Morgan fingerprint density at radius 2 is 2.09 bits per heavy atom. The number of pyridine rings is 1. The van der Waals surface area contributed by atoms with Crippen molar-refractivity contribution in [2.45, 2.75) is 50.3 Å². The Bertz CT molecular complexity index is 1110. The maximum atomic E-state index is 14.9. The molecule has 0 saturated heterocycles. The number of aromatic nitrogens is 3. The van der Waals surface area contributed by atoms with Crippen molar-refractivity contribution in [1.29, 1.82) is 0 Å². The third kappa shape index (κ3) is 3.77. The Kier molecular flexibility index (Phi) is 5.32. The molecule has 12 heteroatoms. The van der Waals surface area contributed by atoms with Crippen LogP contribution < -0.4 is 5.32 Å². The van der Waals surface area contributed by atoms with Gasteiger partial charge in [0, 0.05) is 31.1 Å². The van der Waals surface area contributed by atoms with E-state index in [2.05, 4.69) is 21.3 Å². The highest BCUT2D eigenvalue weighted by Crippen LogP contribution is 2.42. The predicted octanol–water partition coefficient (Wildman–Crippen LogP) is 3.19. The van der Waals surface area contributed by atoms with Gasteiger partial charge in [0.25, 0.3) is 12.3 Å². The Labute approximate surface area is 179 Å². The van der Waals surface area contributed by atoms with Crippen LogP contribution in [0.5, 0.6) is 0 Å². The van der Waals surface area contributed by atoms with E-state index in [-0.39, 0.29) is 38.0 Å². The fraction of sp³-hybridized carbons (Fsp3) is 0.450. The molecule has 0 saturated carbocycles. The van der Waals surface area contributed by atoms with Gasteiger partial charge in [0.1, 0.15) is 17.0 Å². The van der Waals surface area contributed by atoms with E-state index in [0.29, 0.717) is 5.69 Å². The molecule has 4 rings (SSSR count). The summed E-state index contributed by atoms with van der Waals surface area (Å²) in [6.07, 6.45) is 2.19. The summed E-state index contributed by atoms with van der Waals surface area (Å²) in [5, 5.41) is 16.8. The van der Waals surface area contributed by atoms with Gasteiger partial charge in [0.05, 0.1) is 24.5 Å². The van der Waals surface area contributed by atoms with Crippen molar-refractivity contribution < 1.29 is 31.9 Å². The lowest BCUT2D eigenvalue weighted by Crippen LogP contribution is -2.39. The Hall–Kier alpha value is -3.20. The molecule has 4 heterocycles. The molecular weight excluding hydrogens is 437 g/mol. The van der Waals surface area contributed by atoms with Gasteiger partial charge in [-0.3, -0.25) is 9.67 Å². The minimum absolute atomic E-state index is 0.0780. The number of hydrogen-bond donors (Lipinski definition) is 2. The molecule has 1 atom stereocenters. The zero-order valence-electron chi connectivity index (χ0n) is 16.6. The second kappa shape index (κ2) is 7.74. The van der Waals surface area contributed by atoms with E-state index < -0.39 is 53.3 Å². The second-order valence-corrected chi connectivity index (χ2v) is 7.77. The molecule has 2 aliphatic heterocycles. The average molecular weight is 455 g/mol. The molecule has 2 aromatic rings. The van der Waals surface area contributed by atoms with Gasteiger partial charge < -0.3 is 15.3 Å². The number of nitrogens with one attached hydrogen (secondary N) is 1. The summed E-state index contributed by atoms with van der Waals surface area (Å²) in [4.78, 5) is 17.0. The Morgan fingerprint density at radius 1 is 1.34 bits per heavy atom. The van der Waals surface area contributed by atoms with Crippen LogP contribution >= 0.6 is 0 Å². The number of carbonyl (C=O) groups excluding carboxylic acids is 1. The van der Waals surface area contributed by atoms with Crippen LogP contribution in [-0.4, -0.2) is 42.9 Å². The van der Waals surface area contributed by atoms with E-state index >= 15 is 0 Å². The monoisotopic (exact) mass is 455 g/mol. The molecule has 2 aliphatic rings. The molecule has 0 fully saturated rings. The lowest BCUT2D eigenvalue weighted by Gasteiger charge is -2.28. The molecule has 0 unspecified atom stereocenters. The Balaban J connectivity index is 1.61. The number of urea groups is 1. The SMILES string of the molecule is C#C[C@]1(O)CCC(F)(F)c2c3c(nn2C1)CCN(C(=O)Nc1ccnc(C(F)F)c1F)C3. The molecule has 2 aromatic heterocycles. The zero-order valence-corrected chi connectivity index (χ0v) is 16.6. The molecular formula is C20H18F5N5O2. The van der Waals surface area contributed by atoms with Crippen molar-refractivity contribution in [3.05, 3.63) is 40.7 Å². The van der Waals surface area contributed by atoms with Crippen LogP contribution in [0.2, 0.25) is 0 Å². The van der Waals surface area contributed by atoms with E-state index in [1.807, 2.05) is 0 Å². The third-order valence-corrected chi connectivity index (χ3v) is 5.63. The summed E-state index contributed by atoms with van der Waals surface area (Å²) in [6, 6.07) is 0.174. The summed E-state index contributed by atoms with van der Waals surface area (Å²) in [5.41, 5.74) is -3.33. The molecule has 0 aliphatic carbocycles. The number of carbonyl (C=O) groups is 1. The number of aliphatic hydroxyl groups is 1. The smallest absolute Gasteiger partial charge is 0.322 e. The summed E-state index contributed by atoms with van der Waals surface area (Å²) in [5.74, 6) is -2.57. The molecule has 170 valence electrons. The first-order valence-electron chi connectivity index (χ1n) is 9.70. The van der Waals surface area contributed by atoms with Gasteiger partial charge in [-0.2, -0.15) is 13.9 Å². The molecule has 0 bridgehead atoms. The van der Waals surface area contributed by atoms with Crippen LogP contribution in [0.4, 0.5) is 32.4 Å². The maximum absolute atomic E-state index is 14.9. The highest BCUT2D eigenvalue weighted by atomic mass is 19.3. The van der Waals surface area contributed by atoms with Crippen molar-refractivity contribution >= 4 is 11.7 Å². The highest BCUT2D eigenvalue weighted by molar-refractivity contribution is 5.89.